The lowest BCUT2D eigenvalue weighted by atomic mass is 9.70. The van der Waals surface area contributed by atoms with Crippen molar-refractivity contribution in [2.75, 3.05) is 5.32 Å². The number of ketones is 1. The highest BCUT2D eigenvalue weighted by Crippen LogP contribution is 2.43. The van der Waals surface area contributed by atoms with Crippen molar-refractivity contribution in [2.45, 2.75) is 118 Å². The molecule has 1 aromatic carbocycles. The van der Waals surface area contributed by atoms with Gasteiger partial charge in [0.1, 0.15) is 11.0 Å². The van der Waals surface area contributed by atoms with Gasteiger partial charge in [0.15, 0.2) is 5.78 Å². The van der Waals surface area contributed by atoms with Gasteiger partial charge in [0, 0.05) is 10.8 Å². The first-order valence-electron chi connectivity index (χ1n) is 12.8. The van der Waals surface area contributed by atoms with Crippen LogP contribution in [0.4, 0.5) is 5.69 Å². The molecule has 0 saturated heterocycles. The molecular weight excluding hydrogens is 506 g/mol. The fourth-order valence-electron chi connectivity index (χ4n) is 3.99. The molecule has 0 heterocycles. The van der Waals surface area contributed by atoms with E-state index in [2.05, 4.69) is 11.9 Å². The van der Waals surface area contributed by atoms with Crippen LogP contribution in [0.5, 0.6) is 0 Å². The standard InChI is InChI=1S/C29H47NO7S/c1-18-14-15-21(23(16-18)38(33,34)35)30-24(31)17-22(25(32)26(4,5)6)37-29(12,13)28(10,11)19(2)20(3)36-27(7,8)9/h14-16,20,22H,2,17H2,1,3-13H3,(H,30,31)(H,33,34,35). The van der Waals surface area contributed by atoms with Gasteiger partial charge in [-0.25, -0.2) is 0 Å². The summed E-state index contributed by atoms with van der Waals surface area (Å²) in [7, 11) is -4.58. The molecule has 0 aliphatic carbocycles. The molecule has 8 nitrogen and oxygen atoms in total. The number of amides is 1. The van der Waals surface area contributed by atoms with E-state index in [1.165, 1.54) is 12.1 Å². The number of aryl methyl sites for hydroxylation is 1. The van der Waals surface area contributed by atoms with Crippen molar-refractivity contribution in [3.05, 3.63) is 35.9 Å². The molecule has 1 rings (SSSR count). The van der Waals surface area contributed by atoms with Crippen LogP contribution in [0, 0.1) is 17.8 Å². The Labute approximate surface area is 229 Å². The molecule has 216 valence electrons. The van der Waals surface area contributed by atoms with Crippen molar-refractivity contribution in [3.63, 3.8) is 0 Å². The van der Waals surface area contributed by atoms with E-state index in [1.807, 2.05) is 55.4 Å². The second-order valence-corrected chi connectivity index (χ2v) is 14.4. The Hall–Kier alpha value is -2.07. The Morgan fingerprint density at radius 2 is 1.53 bits per heavy atom. The molecule has 0 spiro atoms. The van der Waals surface area contributed by atoms with Crippen LogP contribution in [0.3, 0.4) is 0 Å². The van der Waals surface area contributed by atoms with Gasteiger partial charge in [-0.2, -0.15) is 8.42 Å². The zero-order chi connectivity index (χ0) is 30.1. The first-order chi connectivity index (χ1) is 16.8. The topological polar surface area (TPSA) is 119 Å². The highest BCUT2D eigenvalue weighted by molar-refractivity contribution is 7.86. The molecule has 9 heteroatoms. The molecule has 0 saturated carbocycles. The van der Waals surface area contributed by atoms with E-state index >= 15 is 0 Å². The normalized spacial score (nSPS) is 15.1. The van der Waals surface area contributed by atoms with E-state index in [4.69, 9.17) is 9.47 Å². The number of benzene rings is 1. The number of ether oxygens (including phenoxy) is 2. The Morgan fingerprint density at radius 1 is 1.00 bits per heavy atom. The summed E-state index contributed by atoms with van der Waals surface area (Å²) in [6.45, 7) is 26.6. The fourth-order valence-corrected chi connectivity index (χ4v) is 4.72. The molecule has 1 amide bonds. The zero-order valence-corrected chi connectivity index (χ0v) is 25.9. The number of Topliss-reactive ketones (excluding diaryl/α,β-unsaturated/α-hetero) is 1. The maximum atomic E-state index is 13.4. The molecule has 0 aliphatic rings. The summed E-state index contributed by atoms with van der Waals surface area (Å²) in [6.07, 6.45) is -1.78. The number of nitrogens with one attached hydrogen (secondary N) is 1. The Bertz CT molecular complexity index is 1150. The van der Waals surface area contributed by atoms with Crippen LogP contribution < -0.4 is 5.32 Å². The van der Waals surface area contributed by atoms with Crippen LogP contribution in [-0.4, -0.2) is 48.1 Å². The molecule has 0 aromatic heterocycles. The summed E-state index contributed by atoms with van der Waals surface area (Å²) in [5.41, 5.74) is -1.52. The number of anilines is 1. The van der Waals surface area contributed by atoms with Crippen LogP contribution in [0.15, 0.2) is 35.2 Å². The largest absolute Gasteiger partial charge is 0.369 e. The number of hydrogen-bond donors (Lipinski definition) is 2. The number of rotatable bonds is 11. The first kappa shape index (κ1) is 34.0. The first-order valence-corrected chi connectivity index (χ1v) is 14.2. The average Bonchev–Trinajstić information content (AvgIpc) is 2.70. The maximum absolute atomic E-state index is 13.4. The van der Waals surface area contributed by atoms with Gasteiger partial charge in [-0.3, -0.25) is 14.1 Å². The SMILES string of the molecule is C=C(C(C)OC(C)(C)C)C(C)(C)C(C)(C)OC(CC(=O)Nc1ccc(C)cc1S(=O)(=O)O)C(=O)C(C)(C)C. The average molecular weight is 554 g/mol. The van der Waals surface area contributed by atoms with Gasteiger partial charge in [0.05, 0.1) is 29.4 Å². The van der Waals surface area contributed by atoms with Gasteiger partial charge in [0.2, 0.25) is 5.91 Å². The zero-order valence-electron chi connectivity index (χ0n) is 25.1. The van der Waals surface area contributed by atoms with Crippen molar-refractivity contribution < 1.29 is 32.0 Å². The van der Waals surface area contributed by atoms with E-state index in [0.29, 0.717) is 5.56 Å². The van der Waals surface area contributed by atoms with E-state index in [0.717, 1.165) is 5.57 Å². The van der Waals surface area contributed by atoms with Crippen LogP contribution in [0.1, 0.15) is 88.1 Å². The molecular formula is C29H47NO7S. The minimum Gasteiger partial charge on any atom is -0.369 e. The van der Waals surface area contributed by atoms with Crippen molar-refractivity contribution in [2.24, 2.45) is 10.8 Å². The summed E-state index contributed by atoms with van der Waals surface area (Å²) >= 11 is 0. The van der Waals surface area contributed by atoms with Gasteiger partial charge in [-0.1, -0.05) is 47.3 Å². The van der Waals surface area contributed by atoms with E-state index < -0.39 is 43.5 Å². The lowest BCUT2D eigenvalue weighted by molar-refractivity contribution is -0.166. The van der Waals surface area contributed by atoms with Crippen LogP contribution in [0.25, 0.3) is 0 Å². The molecule has 0 bridgehead atoms. The molecule has 2 unspecified atom stereocenters. The predicted molar refractivity (Wildman–Crippen MR) is 151 cm³/mol. The highest BCUT2D eigenvalue weighted by Gasteiger charge is 2.46. The minimum atomic E-state index is -4.58. The number of carbonyl (C=O) groups is 2. The van der Waals surface area contributed by atoms with Gasteiger partial charge < -0.3 is 14.8 Å². The van der Waals surface area contributed by atoms with Gasteiger partial charge in [-0.05, 0) is 71.7 Å². The summed E-state index contributed by atoms with van der Waals surface area (Å²) in [6, 6.07) is 4.26. The van der Waals surface area contributed by atoms with Crippen molar-refractivity contribution in [1.82, 2.24) is 0 Å². The third-order valence-electron chi connectivity index (χ3n) is 6.86. The Balaban J connectivity index is 3.32. The minimum absolute atomic E-state index is 0.0776. The van der Waals surface area contributed by atoms with E-state index in [-0.39, 0.29) is 29.6 Å². The second kappa shape index (κ2) is 11.6. The Morgan fingerprint density at radius 3 is 1.97 bits per heavy atom. The quantitative estimate of drug-likeness (QED) is 0.250. The van der Waals surface area contributed by atoms with Gasteiger partial charge in [-0.15, -0.1) is 0 Å². The monoisotopic (exact) mass is 553 g/mol. The van der Waals surface area contributed by atoms with E-state index in [9.17, 15) is 22.6 Å². The van der Waals surface area contributed by atoms with Crippen molar-refractivity contribution >= 4 is 27.5 Å². The molecule has 2 N–H and O–H groups in total. The summed E-state index contributed by atoms with van der Waals surface area (Å²) in [5, 5.41) is 2.52. The van der Waals surface area contributed by atoms with Crippen LogP contribution >= 0.6 is 0 Å². The van der Waals surface area contributed by atoms with Gasteiger partial charge >= 0.3 is 0 Å². The summed E-state index contributed by atoms with van der Waals surface area (Å²) in [4.78, 5) is 26.1. The van der Waals surface area contributed by atoms with Crippen molar-refractivity contribution in [3.8, 4) is 0 Å². The smallest absolute Gasteiger partial charge is 0.296 e. The molecule has 0 radical (unpaired) electrons. The summed E-state index contributed by atoms with van der Waals surface area (Å²) in [5.74, 6) is -0.904. The summed E-state index contributed by atoms with van der Waals surface area (Å²) < 4.78 is 45.9. The molecule has 0 aliphatic heterocycles. The molecule has 0 fully saturated rings. The highest BCUT2D eigenvalue weighted by atomic mass is 32.2. The number of hydrogen-bond acceptors (Lipinski definition) is 6. The van der Waals surface area contributed by atoms with Crippen LogP contribution in [0.2, 0.25) is 0 Å². The van der Waals surface area contributed by atoms with Gasteiger partial charge in [0.25, 0.3) is 10.1 Å². The third kappa shape index (κ3) is 9.00. The predicted octanol–water partition coefficient (Wildman–Crippen LogP) is 6.14. The molecule has 2 atom stereocenters. The van der Waals surface area contributed by atoms with Crippen molar-refractivity contribution in [1.29, 1.82) is 0 Å². The number of carbonyl (C=O) groups excluding carboxylic acids is 2. The fraction of sp³-hybridized carbons (Fsp3) is 0.655. The lowest BCUT2D eigenvalue weighted by Gasteiger charge is -2.47. The van der Waals surface area contributed by atoms with E-state index in [1.54, 1.807) is 33.8 Å². The third-order valence-corrected chi connectivity index (χ3v) is 7.75. The lowest BCUT2D eigenvalue weighted by Crippen LogP contribution is -2.51. The molecule has 1 aromatic rings. The maximum Gasteiger partial charge on any atom is 0.296 e. The Kier molecular flexibility index (Phi) is 10.3. The second-order valence-electron chi connectivity index (χ2n) is 13.0. The van der Waals surface area contributed by atoms with Crippen LogP contribution in [-0.2, 0) is 29.2 Å². The molecule has 38 heavy (non-hydrogen) atoms.